The SMILES string of the molecule is Cc1cccc2cc3c(cc12)C(O)C(O)c1ccccc1-3. The number of hydrogen-bond donors (Lipinski definition) is 2. The van der Waals surface area contributed by atoms with Gasteiger partial charge in [-0.05, 0) is 57.6 Å². The van der Waals surface area contributed by atoms with E-state index in [0.717, 1.165) is 33.0 Å². The molecule has 21 heavy (non-hydrogen) atoms. The fourth-order valence-corrected chi connectivity index (χ4v) is 3.32. The molecular weight excluding hydrogens is 260 g/mol. The minimum absolute atomic E-state index is 0.796. The summed E-state index contributed by atoms with van der Waals surface area (Å²) < 4.78 is 0. The first-order chi connectivity index (χ1) is 10.2. The van der Waals surface area contributed by atoms with Crippen molar-refractivity contribution in [3.8, 4) is 11.1 Å². The summed E-state index contributed by atoms with van der Waals surface area (Å²) in [7, 11) is 0. The van der Waals surface area contributed by atoms with Gasteiger partial charge in [-0.3, -0.25) is 0 Å². The van der Waals surface area contributed by atoms with Crippen LogP contribution in [0.5, 0.6) is 0 Å². The first kappa shape index (κ1) is 12.6. The fraction of sp³-hybridized carbons (Fsp3) is 0.158. The molecule has 0 aliphatic heterocycles. The van der Waals surface area contributed by atoms with Crippen LogP contribution in [0.25, 0.3) is 21.9 Å². The van der Waals surface area contributed by atoms with Gasteiger partial charge in [0, 0.05) is 0 Å². The zero-order valence-electron chi connectivity index (χ0n) is 11.7. The summed E-state index contributed by atoms with van der Waals surface area (Å²) in [4.78, 5) is 0. The van der Waals surface area contributed by atoms with E-state index < -0.39 is 12.2 Å². The molecule has 0 heterocycles. The molecule has 1 aliphatic carbocycles. The van der Waals surface area contributed by atoms with Crippen molar-refractivity contribution in [2.75, 3.05) is 0 Å². The highest BCUT2D eigenvalue weighted by Gasteiger charge is 2.31. The first-order valence-corrected chi connectivity index (χ1v) is 7.15. The third-order valence-corrected chi connectivity index (χ3v) is 4.46. The van der Waals surface area contributed by atoms with Crippen molar-refractivity contribution in [1.29, 1.82) is 0 Å². The Morgan fingerprint density at radius 2 is 1.52 bits per heavy atom. The third-order valence-electron chi connectivity index (χ3n) is 4.46. The van der Waals surface area contributed by atoms with Gasteiger partial charge in [0.05, 0.1) is 0 Å². The Morgan fingerprint density at radius 1 is 0.762 bits per heavy atom. The van der Waals surface area contributed by atoms with Gasteiger partial charge in [-0.2, -0.15) is 0 Å². The summed E-state index contributed by atoms with van der Waals surface area (Å²) in [5, 5.41) is 23.1. The van der Waals surface area contributed by atoms with Crippen LogP contribution in [0.2, 0.25) is 0 Å². The van der Waals surface area contributed by atoms with Crippen LogP contribution in [-0.4, -0.2) is 10.2 Å². The topological polar surface area (TPSA) is 40.5 Å². The molecule has 2 N–H and O–H groups in total. The van der Waals surface area contributed by atoms with Crippen LogP contribution in [0.3, 0.4) is 0 Å². The van der Waals surface area contributed by atoms with Crippen molar-refractivity contribution in [2.45, 2.75) is 19.1 Å². The van der Waals surface area contributed by atoms with Gasteiger partial charge in [-0.25, -0.2) is 0 Å². The number of aliphatic hydroxyl groups is 2. The summed E-state index contributed by atoms with van der Waals surface area (Å²) in [6.07, 6.45) is -1.74. The van der Waals surface area contributed by atoms with Gasteiger partial charge < -0.3 is 10.2 Å². The van der Waals surface area contributed by atoms with E-state index in [1.807, 2.05) is 36.4 Å². The van der Waals surface area contributed by atoms with E-state index in [4.69, 9.17) is 0 Å². The van der Waals surface area contributed by atoms with Gasteiger partial charge in [-0.1, -0.05) is 42.5 Å². The molecule has 0 aromatic heterocycles. The normalized spacial score (nSPS) is 20.1. The molecule has 4 rings (SSSR count). The molecule has 2 atom stereocenters. The lowest BCUT2D eigenvalue weighted by molar-refractivity contribution is 0.0159. The Morgan fingerprint density at radius 3 is 2.38 bits per heavy atom. The molecule has 0 spiro atoms. The van der Waals surface area contributed by atoms with Crippen LogP contribution in [0.1, 0.15) is 28.9 Å². The van der Waals surface area contributed by atoms with Crippen molar-refractivity contribution in [1.82, 2.24) is 0 Å². The smallest absolute Gasteiger partial charge is 0.110 e. The monoisotopic (exact) mass is 276 g/mol. The van der Waals surface area contributed by atoms with Crippen molar-refractivity contribution in [3.05, 3.63) is 71.3 Å². The Labute approximate surface area is 123 Å². The fourth-order valence-electron chi connectivity index (χ4n) is 3.32. The maximum absolute atomic E-state index is 10.5. The number of rotatable bonds is 0. The van der Waals surface area contributed by atoms with Gasteiger partial charge in [-0.15, -0.1) is 0 Å². The van der Waals surface area contributed by atoms with Crippen LogP contribution in [0.4, 0.5) is 0 Å². The molecule has 3 aromatic rings. The molecule has 0 saturated carbocycles. The van der Waals surface area contributed by atoms with Crippen molar-refractivity contribution in [2.24, 2.45) is 0 Å². The van der Waals surface area contributed by atoms with Gasteiger partial charge in [0.1, 0.15) is 12.2 Å². The lowest BCUT2D eigenvalue weighted by Crippen LogP contribution is -2.17. The van der Waals surface area contributed by atoms with E-state index in [2.05, 4.69) is 25.1 Å². The summed E-state index contributed by atoms with van der Waals surface area (Å²) >= 11 is 0. The number of aliphatic hydroxyl groups excluding tert-OH is 2. The molecule has 2 nitrogen and oxygen atoms in total. The molecule has 2 heteroatoms. The molecule has 0 bridgehead atoms. The van der Waals surface area contributed by atoms with Crippen LogP contribution in [0.15, 0.2) is 54.6 Å². The van der Waals surface area contributed by atoms with Crippen LogP contribution in [0, 0.1) is 6.92 Å². The molecule has 1 aliphatic rings. The van der Waals surface area contributed by atoms with E-state index in [1.165, 1.54) is 5.56 Å². The number of benzene rings is 3. The largest absolute Gasteiger partial charge is 0.385 e. The second kappa shape index (κ2) is 4.42. The molecule has 0 fully saturated rings. The highest BCUT2D eigenvalue weighted by atomic mass is 16.3. The minimum Gasteiger partial charge on any atom is -0.385 e. The molecule has 104 valence electrons. The Balaban J connectivity index is 2.10. The standard InChI is InChI=1S/C19H16O2/c1-11-5-4-6-12-9-16-13-7-2-3-8-14(13)18(20)19(21)17(16)10-15(11)12/h2-10,18-21H,1H3. The highest BCUT2D eigenvalue weighted by Crippen LogP contribution is 2.45. The average molecular weight is 276 g/mol. The van der Waals surface area contributed by atoms with Crippen molar-refractivity contribution in [3.63, 3.8) is 0 Å². The minimum atomic E-state index is -0.876. The Bertz CT molecular complexity index is 851. The predicted molar refractivity (Wildman–Crippen MR) is 84.0 cm³/mol. The van der Waals surface area contributed by atoms with Gasteiger partial charge in [0.2, 0.25) is 0 Å². The molecule has 0 amide bonds. The summed E-state index contributed by atoms with van der Waals surface area (Å²) in [5.74, 6) is 0. The Hall–Kier alpha value is -2.16. The number of hydrogen-bond acceptors (Lipinski definition) is 2. The number of aryl methyl sites for hydroxylation is 1. The maximum Gasteiger partial charge on any atom is 0.110 e. The summed E-state index contributed by atoms with van der Waals surface area (Å²) in [5.41, 5.74) is 4.80. The molecule has 0 radical (unpaired) electrons. The molecule has 2 unspecified atom stereocenters. The van der Waals surface area contributed by atoms with Crippen LogP contribution < -0.4 is 0 Å². The van der Waals surface area contributed by atoms with E-state index in [-0.39, 0.29) is 0 Å². The van der Waals surface area contributed by atoms with Crippen molar-refractivity contribution < 1.29 is 10.2 Å². The molecular formula is C19H16O2. The van der Waals surface area contributed by atoms with Crippen LogP contribution >= 0.6 is 0 Å². The predicted octanol–water partition coefficient (Wildman–Crippen LogP) is 3.90. The van der Waals surface area contributed by atoms with Crippen molar-refractivity contribution >= 4 is 10.8 Å². The Kier molecular flexibility index (Phi) is 2.64. The third kappa shape index (κ3) is 1.73. The lowest BCUT2D eigenvalue weighted by atomic mass is 9.80. The summed E-state index contributed by atoms with van der Waals surface area (Å²) in [6, 6.07) is 18.1. The maximum atomic E-state index is 10.5. The molecule has 3 aromatic carbocycles. The van der Waals surface area contributed by atoms with Crippen LogP contribution in [-0.2, 0) is 0 Å². The quantitative estimate of drug-likeness (QED) is 0.654. The number of fused-ring (bicyclic) bond motifs is 4. The summed E-state index contributed by atoms with van der Waals surface area (Å²) in [6.45, 7) is 2.06. The highest BCUT2D eigenvalue weighted by molar-refractivity contribution is 5.92. The lowest BCUT2D eigenvalue weighted by Gasteiger charge is -2.29. The zero-order chi connectivity index (χ0) is 14.6. The average Bonchev–Trinajstić information content (AvgIpc) is 2.52. The van der Waals surface area contributed by atoms with E-state index in [1.54, 1.807) is 0 Å². The second-order valence-electron chi connectivity index (χ2n) is 5.71. The molecule has 0 saturated heterocycles. The first-order valence-electron chi connectivity index (χ1n) is 7.15. The second-order valence-corrected chi connectivity index (χ2v) is 5.71. The van der Waals surface area contributed by atoms with E-state index in [0.29, 0.717) is 0 Å². The van der Waals surface area contributed by atoms with Gasteiger partial charge >= 0.3 is 0 Å². The van der Waals surface area contributed by atoms with Gasteiger partial charge in [0.15, 0.2) is 0 Å². The zero-order valence-corrected chi connectivity index (χ0v) is 11.7. The van der Waals surface area contributed by atoms with Gasteiger partial charge in [0.25, 0.3) is 0 Å². The van der Waals surface area contributed by atoms with E-state index in [9.17, 15) is 10.2 Å². The van der Waals surface area contributed by atoms with E-state index >= 15 is 0 Å².